The van der Waals surface area contributed by atoms with Gasteiger partial charge < -0.3 is 4.90 Å². The number of benzene rings is 1. The number of carbonyl (C=O) groups excluding carboxylic acids is 2. The zero-order chi connectivity index (χ0) is 13.4. The molecule has 0 bridgehead atoms. The molecule has 1 heterocycles. The molecule has 0 radical (unpaired) electrons. The Morgan fingerprint density at radius 3 is 2.68 bits per heavy atom. The van der Waals surface area contributed by atoms with Crippen molar-refractivity contribution in [3.8, 4) is 0 Å². The predicted octanol–water partition coefficient (Wildman–Crippen LogP) is 2.84. The summed E-state index contributed by atoms with van der Waals surface area (Å²) in [5.74, 6) is -0.697. The Kier molecular flexibility index (Phi) is 3.31. The van der Waals surface area contributed by atoms with Crippen molar-refractivity contribution in [1.29, 1.82) is 0 Å². The van der Waals surface area contributed by atoms with Gasteiger partial charge in [0.15, 0.2) is 0 Å². The molecule has 1 aromatic rings. The van der Waals surface area contributed by atoms with Crippen molar-refractivity contribution in [3.05, 3.63) is 29.6 Å². The maximum Gasteiger partial charge on any atom is 0.255 e. The predicted molar refractivity (Wildman–Crippen MR) is 70.6 cm³/mol. The Morgan fingerprint density at radius 2 is 1.95 bits per heavy atom. The van der Waals surface area contributed by atoms with E-state index in [9.17, 15) is 14.0 Å². The fraction of sp³-hybridized carbons (Fsp3) is 0.429. The molecule has 1 fully saturated rings. The number of rotatable bonds is 1. The van der Waals surface area contributed by atoms with Crippen LogP contribution in [0.25, 0.3) is 0 Å². The molecule has 1 amide bonds. The first kappa shape index (κ1) is 12.7. The van der Waals surface area contributed by atoms with Crippen LogP contribution in [0.15, 0.2) is 23.1 Å². The van der Waals surface area contributed by atoms with Crippen molar-refractivity contribution in [2.75, 3.05) is 6.54 Å². The zero-order valence-electron chi connectivity index (χ0n) is 10.4. The van der Waals surface area contributed by atoms with Gasteiger partial charge in [0.25, 0.3) is 5.91 Å². The van der Waals surface area contributed by atoms with Gasteiger partial charge in [0, 0.05) is 6.04 Å². The largest absolute Gasteiger partial charge is 0.327 e. The van der Waals surface area contributed by atoms with Crippen LogP contribution in [0.3, 0.4) is 0 Å². The van der Waals surface area contributed by atoms with E-state index in [1.165, 1.54) is 12.1 Å². The number of hydrogen-bond acceptors (Lipinski definition) is 3. The summed E-state index contributed by atoms with van der Waals surface area (Å²) in [6.45, 7) is 0.0856. The van der Waals surface area contributed by atoms with Gasteiger partial charge in [0.1, 0.15) is 5.82 Å². The summed E-state index contributed by atoms with van der Waals surface area (Å²) >= 11 is 0.849. The molecule has 100 valence electrons. The highest BCUT2D eigenvalue weighted by Gasteiger charge is 2.34. The Balaban J connectivity index is 2.02. The maximum atomic E-state index is 13.8. The van der Waals surface area contributed by atoms with E-state index >= 15 is 0 Å². The van der Waals surface area contributed by atoms with Crippen LogP contribution in [0.2, 0.25) is 0 Å². The van der Waals surface area contributed by atoms with Crippen LogP contribution in [-0.2, 0) is 4.79 Å². The summed E-state index contributed by atoms with van der Waals surface area (Å²) in [7, 11) is 0. The smallest absolute Gasteiger partial charge is 0.255 e. The van der Waals surface area contributed by atoms with Crippen LogP contribution in [0, 0.1) is 5.82 Å². The second-order valence-electron chi connectivity index (χ2n) is 4.96. The molecule has 2 aliphatic rings. The highest BCUT2D eigenvalue weighted by atomic mass is 32.2. The van der Waals surface area contributed by atoms with Gasteiger partial charge in [0.2, 0.25) is 5.12 Å². The van der Waals surface area contributed by atoms with Crippen molar-refractivity contribution in [3.63, 3.8) is 0 Å². The third kappa shape index (κ3) is 2.27. The molecule has 0 aromatic heterocycles. The third-order valence-corrected chi connectivity index (χ3v) is 4.71. The van der Waals surface area contributed by atoms with Gasteiger partial charge in [-0.25, -0.2) is 4.39 Å². The third-order valence-electron chi connectivity index (χ3n) is 3.74. The number of carbonyl (C=O) groups is 2. The summed E-state index contributed by atoms with van der Waals surface area (Å²) in [6, 6.07) is 4.55. The molecular weight excluding hydrogens is 265 g/mol. The van der Waals surface area contributed by atoms with E-state index in [0.717, 1.165) is 37.4 Å². The molecule has 0 atom stereocenters. The van der Waals surface area contributed by atoms with Gasteiger partial charge in [-0.1, -0.05) is 18.9 Å². The van der Waals surface area contributed by atoms with E-state index in [0.29, 0.717) is 5.56 Å². The van der Waals surface area contributed by atoms with Gasteiger partial charge in [-0.2, -0.15) is 0 Å². The van der Waals surface area contributed by atoms with E-state index < -0.39 is 5.82 Å². The highest BCUT2D eigenvalue weighted by molar-refractivity contribution is 8.13. The molecule has 1 aliphatic heterocycles. The number of amides is 1. The van der Waals surface area contributed by atoms with Crippen LogP contribution in [0.1, 0.15) is 36.0 Å². The van der Waals surface area contributed by atoms with E-state index in [-0.39, 0.29) is 28.5 Å². The fourth-order valence-corrected chi connectivity index (χ4v) is 3.67. The van der Waals surface area contributed by atoms with Gasteiger partial charge in [-0.3, -0.25) is 9.59 Å². The average molecular weight is 279 g/mol. The molecule has 0 saturated heterocycles. The average Bonchev–Trinajstić information content (AvgIpc) is 2.87. The van der Waals surface area contributed by atoms with Crippen molar-refractivity contribution in [1.82, 2.24) is 4.90 Å². The van der Waals surface area contributed by atoms with Crippen LogP contribution < -0.4 is 0 Å². The number of fused-ring (bicyclic) bond motifs is 1. The lowest BCUT2D eigenvalue weighted by Crippen LogP contribution is -2.40. The van der Waals surface area contributed by atoms with E-state index in [1.807, 2.05) is 0 Å². The van der Waals surface area contributed by atoms with Crippen molar-refractivity contribution in [2.45, 2.75) is 36.6 Å². The molecule has 19 heavy (non-hydrogen) atoms. The first-order chi connectivity index (χ1) is 9.16. The van der Waals surface area contributed by atoms with Crippen LogP contribution in [0.5, 0.6) is 0 Å². The van der Waals surface area contributed by atoms with E-state index in [4.69, 9.17) is 0 Å². The summed E-state index contributed by atoms with van der Waals surface area (Å²) < 4.78 is 13.8. The van der Waals surface area contributed by atoms with E-state index in [2.05, 4.69) is 0 Å². The Morgan fingerprint density at radius 1 is 1.21 bits per heavy atom. The topological polar surface area (TPSA) is 37.4 Å². The molecule has 1 aliphatic carbocycles. The molecule has 1 saturated carbocycles. The fourth-order valence-electron chi connectivity index (χ4n) is 2.80. The number of halogens is 1. The summed E-state index contributed by atoms with van der Waals surface area (Å²) in [5, 5.41) is -0.163. The lowest BCUT2D eigenvalue weighted by atomic mass is 10.1. The van der Waals surface area contributed by atoms with Crippen molar-refractivity contribution >= 4 is 22.8 Å². The monoisotopic (exact) mass is 279 g/mol. The molecule has 3 rings (SSSR count). The number of thioether (sulfide) groups is 1. The summed E-state index contributed by atoms with van der Waals surface area (Å²) in [4.78, 5) is 26.2. The number of hydrogen-bond donors (Lipinski definition) is 0. The van der Waals surface area contributed by atoms with Gasteiger partial charge in [-0.05, 0) is 36.7 Å². The standard InChI is InChI=1S/C14H14FNO2S/c15-11-7-3-6-10-13(11)19-12(17)8-16(14(10)18)9-4-1-2-5-9/h3,6-7,9H,1-2,4-5,8H2. The SMILES string of the molecule is O=C1CN(C2CCCC2)C(=O)c2cccc(F)c2S1. The highest BCUT2D eigenvalue weighted by Crippen LogP contribution is 2.34. The maximum absolute atomic E-state index is 13.8. The minimum atomic E-state index is -0.488. The lowest BCUT2D eigenvalue weighted by Gasteiger charge is -2.26. The Bertz CT molecular complexity index is 540. The van der Waals surface area contributed by atoms with Crippen LogP contribution in [0.4, 0.5) is 4.39 Å². The molecule has 0 N–H and O–H groups in total. The van der Waals surface area contributed by atoms with Gasteiger partial charge in [0.05, 0.1) is 17.0 Å². The second-order valence-corrected chi connectivity index (χ2v) is 6.03. The van der Waals surface area contributed by atoms with Crippen LogP contribution >= 0.6 is 11.8 Å². The van der Waals surface area contributed by atoms with Gasteiger partial charge in [-0.15, -0.1) is 0 Å². The first-order valence-electron chi connectivity index (χ1n) is 6.47. The molecule has 0 spiro atoms. The van der Waals surface area contributed by atoms with E-state index in [1.54, 1.807) is 11.0 Å². The molecule has 0 unspecified atom stereocenters. The molecule has 5 heteroatoms. The van der Waals surface area contributed by atoms with Crippen molar-refractivity contribution in [2.24, 2.45) is 0 Å². The Hall–Kier alpha value is -1.36. The van der Waals surface area contributed by atoms with Crippen molar-refractivity contribution < 1.29 is 14.0 Å². The van der Waals surface area contributed by atoms with Gasteiger partial charge >= 0.3 is 0 Å². The number of nitrogens with zero attached hydrogens (tertiary/aromatic N) is 1. The molecular formula is C14H14FNO2S. The quantitative estimate of drug-likeness (QED) is 0.793. The summed E-state index contributed by atoms with van der Waals surface area (Å²) in [6.07, 6.45) is 4.06. The zero-order valence-corrected chi connectivity index (χ0v) is 11.2. The van der Waals surface area contributed by atoms with Crippen LogP contribution in [-0.4, -0.2) is 28.5 Å². The second kappa shape index (κ2) is 4.96. The molecule has 1 aromatic carbocycles. The lowest BCUT2D eigenvalue weighted by molar-refractivity contribution is -0.111. The normalized spacial score (nSPS) is 20.6. The summed E-state index contributed by atoms with van der Waals surface area (Å²) in [5.41, 5.74) is 0.322. The Labute approximate surface area is 115 Å². The minimum absolute atomic E-state index is 0.0856. The first-order valence-corrected chi connectivity index (χ1v) is 7.28. The minimum Gasteiger partial charge on any atom is -0.327 e. The molecule has 3 nitrogen and oxygen atoms in total.